The molecule has 3 rings (SSSR count). The highest BCUT2D eigenvalue weighted by atomic mass is 32.1. The van der Waals surface area contributed by atoms with Crippen molar-refractivity contribution in [3.63, 3.8) is 0 Å². The molecule has 7 nitrogen and oxygen atoms in total. The number of thiocarbonyl (C=S) groups is 1. The number of anilines is 1. The molecule has 1 aliphatic rings. The lowest BCUT2D eigenvalue weighted by molar-refractivity contribution is -0.140. The molecule has 32 heavy (non-hydrogen) atoms. The van der Waals surface area contributed by atoms with Crippen molar-refractivity contribution in [2.75, 3.05) is 32.3 Å². The van der Waals surface area contributed by atoms with Gasteiger partial charge in [0.15, 0.2) is 5.11 Å². The molecule has 0 saturated heterocycles. The topological polar surface area (TPSA) is 77.1 Å². The Hall–Kier alpha value is -3.23. The predicted octanol–water partition coefficient (Wildman–Crippen LogP) is 3.68. The normalized spacial score (nSPS) is 15.9. The molecule has 168 valence electrons. The van der Waals surface area contributed by atoms with E-state index in [9.17, 15) is 9.59 Å². The number of nitrogens with zero attached hydrogens (tertiary/aromatic N) is 1. The molecule has 0 aliphatic carbocycles. The molecule has 1 N–H and O–H groups in total. The second kappa shape index (κ2) is 10.4. The molecule has 1 unspecified atom stereocenters. The Kier molecular flexibility index (Phi) is 7.61. The summed E-state index contributed by atoms with van der Waals surface area (Å²) in [6.07, 6.45) is 0. The summed E-state index contributed by atoms with van der Waals surface area (Å²) in [5.74, 6) is -1.02. The third-order valence-corrected chi connectivity index (χ3v) is 5.46. The van der Waals surface area contributed by atoms with E-state index in [4.69, 9.17) is 26.4 Å². The molecule has 0 bridgehead atoms. The van der Waals surface area contributed by atoms with Crippen molar-refractivity contribution in [2.24, 2.45) is 0 Å². The van der Waals surface area contributed by atoms with Crippen molar-refractivity contribution in [3.8, 4) is 0 Å². The molecular formula is C24H26N2O5S. The maximum Gasteiger partial charge on any atom is 0.338 e. The van der Waals surface area contributed by atoms with Crippen molar-refractivity contribution in [2.45, 2.75) is 19.9 Å². The first-order chi connectivity index (χ1) is 15.4. The molecule has 2 aromatic carbocycles. The lowest BCUT2D eigenvalue weighted by Gasteiger charge is -2.38. The van der Waals surface area contributed by atoms with Gasteiger partial charge in [-0.1, -0.05) is 30.3 Å². The number of carbonyl (C=O) groups excluding carboxylic acids is 2. The number of carbonyl (C=O) groups is 2. The van der Waals surface area contributed by atoms with Crippen LogP contribution in [0.1, 0.15) is 34.5 Å². The van der Waals surface area contributed by atoms with Gasteiger partial charge in [0, 0.05) is 18.5 Å². The van der Waals surface area contributed by atoms with Crippen LogP contribution < -0.4 is 10.2 Å². The molecule has 0 spiro atoms. The van der Waals surface area contributed by atoms with Gasteiger partial charge in [-0.05, 0) is 55.4 Å². The summed E-state index contributed by atoms with van der Waals surface area (Å²) in [5, 5.41) is 3.64. The Morgan fingerprint density at radius 2 is 1.78 bits per heavy atom. The Morgan fingerprint density at radius 1 is 1.03 bits per heavy atom. The first-order valence-corrected chi connectivity index (χ1v) is 10.5. The first kappa shape index (κ1) is 23.4. The average molecular weight is 455 g/mol. The van der Waals surface area contributed by atoms with Gasteiger partial charge in [0.25, 0.3) is 0 Å². The average Bonchev–Trinajstić information content (AvgIpc) is 2.78. The zero-order chi connectivity index (χ0) is 23.3. The molecule has 1 atom stereocenters. The van der Waals surface area contributed by atoms with Gasteiger partial charge in [-0.2, -0.15) is 0 Å². The van der Waals surface area contributed by atoms with Crippen molar-refractivity contribution in [3.05, 3.63) is 76.5 Å². The van der Waals surface area contributed by atoms with Crippen LogP contribution in [0.2, 0.25) is 0 Å². The molecule has 0 amide bonds. The summed E-state index contributed by atoms with van der Waals surface area (Å²) in [4.78, 5) is 27.4. The van der Waals surface area contributed by atoms with Gasteiger partial charge in [-0.25, -0.2) is 9.59 Å². The van der Waals surface area contributed by atoms with Gasteiger partial charge in [0.1, 0.15) is 6.61 Å². The fourth-order valence-electron chi connectivity index (χ4n) is 3.66. The van der Waals surface area contributed by atoms with E-state index in [2.05, 4.69) is 5.32 Å². The third-order valence-electron chi connectivity index (χ3n) is 5.16. The second-order valence-corrected chi connectivity index (χ2v) is 7.65. The van der Waals surface area contributed by atoms with Gasteiger partial charge in [0.05, 0.1) is 30.9 Å². The van der Waals surface area contributed by atoms with E-state index < -0.39 is 18.0 Å². The molecular weight excluding hydrogens is 428 g/mol. The quantitative estimate of drug-likeness (QED) is 0.386. The number of ether oxygens (including phenoxy) is 3. The highest BCUT2D eigenvalue weighted by Crippen LogP contribution is 2.35. The largest absolute Gasteiger partial charge is 0.465 e. The molecule has 0 aromatic heterocycles. The van der Waals surface area contributed by atoms with E-state index >= 15 is 0 Å². The number of esters is 2. The lowest BCUT2D eigenvalue weighted by atomic mass is 9.91. The van der Waals surface area contributed by atoms with Crippen molar-refractivity contribution in [1.82, 2.24) is 5.32 Å². The van der Waals surface area contributed by atoms with Crippen LogP contribution in [0.5, 0.6) is 0 Å². The SMILES string of the molecule is COCCOC(=O)C1=C(C)N(c2cccc(C)c2)C(=S)NC1c1ccccc1C(=O)OC. The maximum absolute atomic E-state index is 13.2. The van der Waals surface area contributed by atoms with E-state index in [1.807, 2.05) is 38.1 Å². The molecule has 0 saturated carbocycles. The molecule has 8 heteroatoms. The highest BCUT2D eigenvalue weighted by molar-refractivity contribution is 7.80. The third kappa shape index (κ3) is 4.81. The molecule has 2 aromatic rings. The van der Waals surface area contributed by atoms with Crippen molar-refractivity contribution < 1.29 is 23.8 Å². The van der Waals surface area contributed by atoms with E-state index in [0.717, 1.165) is 11.3 Å². The fourth-order valence-corrected chi connectivity index (χ4v) is 4.02. The van der Waals surface area contributed by atoms with Crippen LogP contribution in [0.4, 0.5) is 5.69 Å². The molecule has 0 radical (unpaired) electrons. The first-order valence-electron chi connectivity index (χ1n) is 10.1. The van der Waals surface area contributed by atoms with E-state index in [1.165, 1.54) is 14.2 Å². The van der Waals surface area contributed by atoms with E-state index in [0.29, 0.717) is 27.5 Å². The zero-order valence-electron chi connectivity index (χ0n) is 18.5. The standard InChI is InChI=1S/C24H26N2O5S/c1-15-8-7-9-17(14-15)26-16(2)20(23(28)31-13-12-29-3)21(25-24(26)32)18-10-5-6-11-19(18)22(27)30-4/h5-11,14,21H,12-13H2,1-4H3,(H,25,32). The molecule has 0 fully saturated rings. The summed E-state index contributed by atoms with van der Waals surface area (Å²) in [6.45, 7) is 4.18. The predicted molar refractivity (Wildman–Crippen MR) is 125 cm³/mol. The number of nitrogens with one attached hydrogen (secondary N) is 1. The van der Waals surface area contributed by atoms with Crippen LogP contribution in [0, 0.1) is 6.92 Å². The smallest absolute Gasteiger partial charge is 0.338 e. The minimum Gasteiger partial charge on any atom is -0.465 e. The number of aryl methyl sites for hydroxylation is 1. The van der Waals surface area contributed by atoms with Gasteiger partial charge >= 0.3 is 11.9 Å². The van der Waals surface area contributed by atoms with Crippen LogP contribution in [0.25, 0.3) is 0 Å². The van der Waals surface area contributed by atoms with Gasteiger partial charge < -0.3 is 19.5 Å². The van der Waals surface area contributed by atoms with Gasteiger partial charge in [-0.3, -0.25) is 4.90 Å². The molecule has 1 heterocycles. The number of methoxy groups -OCH3 is 2. The van der Waals surface area contributed by atoms with E-state index in [1.54, 1.807) is 29.2 Å². The molecule has 1 aliphatic heterocycles. The van der Waals surface area contributed by atoms with E-state index in [-0.39, 0.29) is 13.2 Å². The van der Waals surface area contributed by atoms with Gasteiger partial charge in [-0.15, -0.1) is 0 Å². The number of benzene rings is 2. The zero-order valence-corrected chi connectivity index (χ0v) is 19.3. The minimum atomic E-state index is -0.686. The van der Waals surface area contributed by atoms with Crippen molar-refractivity contribution >= 4 is 35.0 Å². The van der Waals surface area contributed by atoms with Crippen LogP contribution in [-0.4, -0.2) is 44.5 Å². The summed E-state index contributed by atoms with van der Waals surface area (Å²) in [5.41, 5.74) is 3.76. The summed E-state index contributed by atoms with van der Waals surface area (Å²) >= 11 is 5.68. The minimum absolute atomic E-state index is 0.104. The number of hydrogen-bond donors (Lipinski definition) is 1. The lowest BCUT2D eigenvalue weighted by Crippen LogP contribution is -2.48. The monoisotopic (exact) mass is 454 g/mol. The maximum atomic E-state index is 13.2. The van der Waals surface area contributed by atoms with Crippen LogP contribution in [0.3, 0.4) is 0 Å². The number of allylic oxidation sites excluding steroid dienone is 1. The summed E-state index contributed by atoms with van der Waals surface area (Å²) in [7, 11) is 2.85. The Morgan fingerprint density at radius 3 is 2.47 bits per heavy atom. The van der Waals surface area contributed by atoms with Crippen molar-refractivity contribution in [1.29, 1.82) is 0 Å². The van der Waals surface area contributed by atoms with Gasteiger partial charge in [0.2, 0.25) is 0 Å². The number of hydrogen-bond acceptors (Lipinski definition) is 6. The summed E-state index contributed by atoms with van der Waals surface area (Å²) in [6, 6.07) is 14.1. The second-order valence-electron chi connectivity index (χ2n) is 7.26. The summed E-state index contributed by atoms with van der Waals surface area (Å²) < 4.78 is 15.4. The fraction of sp³-hybridized carbons (Fsp3) is 0.292. The Balaban J connectivity index is 2.15. The Bertz CT molecular complexity index is 1070. The van der Waals surface area contributed by atoms with Crippen LogP contribution in [-0.2, 0) is 19.0 Å². The number of rotatable bonds is 7. The highest BCUT2D eigenvalue weighted by Gasteiger charge is 2.37. The van der Waals surface area contributed by atoms with Crippen LogP contribution in [0.15, 0.2) is 59.8 Å². The Labute approximate surface area is 193 Å². The van der Waals surface area contributed by atoms with Crippen LogP contribution >= 0.6 is 12.2 Å².